The van der Waals surface area contributed by atoms with Crippen molar-refractivity contribution in [3.63, 3.8) is 0 Å². The van der Waals surface area contributed by atoms with E-state index in [0.29, 0.717) is 6.42 Å². The van der Waals surface area contributed by atoms with Crippen molar-refractivity contribution < 1.29 is 4.79 Å². The summed E-state index contributed by atoms with van der Waals surface area (Å²) < 4.78 is 1.88. The third-order valence-corrected chi connectivity index (χ3v) is 4.53. The SMILES string of the molecule is Cc1cc(N2Cc3cn(C)nc3C2)cc(C)c1NC(=O)CC(C)(C)C. The topological polar surface area (TPSA) is 50.2 Å². The van der Waals surface area contributed by atoms with E-state index in [0.717, 1.165) is 35.6 Å². The fourth-order valence-corrected chi connectivity index (χ4v) is 3.46. The molecule has 3 rings (SSSR count). The van der Waals surface area contributed by atoms with Gasteiger partial charge >= 0.3 is 0 Å². The minimum absolute atomic E-state index is 0.0131. The van der Waals surface area contributed by atoms with Crippen LogP contribution in [-0.2, 0) is 24.9 Å². The number of rotatable bonds is 3. The van der Waals surface area contributed by atoms with Crippen molar-refractivity contribution >= 4 is 17.3 Å². The Morgan fingerprint density at radius 3 is 2.40 bits per heavy atom. The van der Waals surface area contributed by atoms with Crippen LogP contribution in [0.5, 0.6) is 0 Å². The number of hydrogen-bond donors (Lipinski definition) is 1. The summed E-state index contributed by atoms with van der Waals surface area (Å²) in [5.74, 6) is 0.0738. The fraction of sp³-hybridized carbons (Fsp3) is 0.500. The van der Waals surface area contributed by atoms with Crippen LogP contribution in [0.15, 0.2) is 18.3 Å². The van der Waals surface area contributed by atoms with Crippen molar-refractivity contribution in [3.05, 3.63) is 40.7 Å². The van der Waals surface area contributed by atoms with E-state index in [2.05, 4.69) is 68.3 Å². The summed E-state index contributed by atoms with van der Waals surface area (Å²) in [6.45, 7) is 12.1. The van der Waals surface area contributed by atoms with Crippen LogP contribution < -0.4 is 10.2 Å². The molecule has 5 heteroatoms. The van der Waals surface area contributed by atoms with E-state index in [-0.39, 0.29) is 11.3 Å². The van der Waals surface area contributed by atoms with E-state index in [9.17, 15) is 4.79 Å². The second-order valence-corrected chi connectivity index (χ2v) is 8.37. The van der Waals surface area contributed by atoms with Gasteiger partial charge in [0.2, 0.25) is 5.91 Å². The van der Waals surface area contributed by atoms with Crippen LogP contribution in [0.4, 0.5) is 11.4 Å². The molecule has 0 atom stereocenters. The first-order chi connectivity index (χ1) is 11.6. The quantitative estimate of drug-likeness (QED) is 0.921. The molecule has 1 aromatic heterocycles. The average Bonchev–Trinajstić information content (AvgIpc) is 2.97. The molecule has 0 saturated heterocycles. The summed E-state index contributed by atoms with van der Waals surface area (Å²) in [5, 5.41) is 7.62. The van der Waals surface area contributed by atoms with Crippen LogP contribution in [0, 0.1) is 19.3 Å². The van der Waals surface area contributed by atoms with E-state index in [1.54, 1.807) is 0 Å². The highest BCUT2D eigenvalue weighted by Crippen LogP contribution is 2.32. The first-order valence-corrected chi connectivity index (χ1v) is 8.80. The molecule has 1 N–H and O–H groups in total. The molecule has 134 valence electrons. The first kappa shape index (κ1) is 17.5. The summed E-state index contributed by atoms with van der Waals surface area (Å²) in [6.07, 6.45) is 2.61. The van der Waals surface area contributed by atoms with Gasteiger partial charge in [0.25, 0.3) is 0 Å². The third-order valence-electron chi connectivity index (χ3n) is 4.53. The summed E-state index contributed by atoms with van der Waals surface area (Å²) >= 11 is 0. The lowest BCUT2D eigenvalue weighted by molar-refractivity contribution is -0.117. The Morgan fingerprint density at radius 2 is 1.84 bits per heavy atom. The molecule has 1 aliphatic heterocycles. The molecule has 2 heterocycles. The van der Waals surface area contributed by atoms with Crippen LogP contribution in [0.2, 0.25) is 0 Å². The molecule has 1 aliphatic rings. The highest BCUT2D eigenvalue weighted by Gasteiger charge is 2.23. The Morgan fingerprint density at radius 1 is 1.20 bits per heavy atom. The molecular weight excluding hydrogens is 312 g/mol. The lowest BCUT2D eigenvalue weighted by Gasteiger charge is -2.22. The number of hydrogen-bond acceptors (Lipinski definition) is 3. The van der Waals surface area contributed by atoms with E-state index >= 15 is 0 Å². The minimum Gasteiger partial charge on any atom is -0.361 e. The maximum Gasteiger partial charge on any atom is 0.224 e. The van der Waals surface area contributed by atoms with E-state index < -0.39 is 0 Å². The minimum atomic E-state index is -0.0131. The summed E-state index contributed by atoms with van der Waals surface area (Å²) in [7, 11) is 1.96. The van der Waals surface area contributed by atoms with Gasteiger partial charge in [-0.15, -0.1) is 0 Å². The van der Waals surface area contributed by atoms with Crippen molar-refractivity contribution in [1.29, 1.82) is 0 Å². The van der Waals surface area contributed by atoms with Gasteiger partial charge in [-0.1, -0.05) is 20.8 Å². The fourth-order valence-electron chi connectivity index (χ4n) is 3.46. The van der Waals surface area contributed by atoms with Crippen molar-refractivity contribution in [1.82, 2.24) is 9.78 Å². The van der Waals surface area contributed by atoms with Crippen molar-refractivity contribution in [2.75, 3.05) is 10.2 Å². The monoisotopic (exact) mass is 340 g/mol. The Bertz CT molecular complexity index is 767. The Labute approximate surface area is 150 Å². The number of aromatic nitrogens is 2. The highest BCUT2D eigenvalue weighted by atomic mass is 16.1. The molecule has 0 radical (unpaired) electrons. The van der Waals surface area contributed by atoms with Gasteiger partial charge in [-0.05, 0) is 42.5 Å². The number of aryl methyl sites for hydroxylation is 3. The molecular formula is C20H28N4O. The Hall–Kier alpha value is -2.30. The van der Waals surface area contributed by atoms with Gasteiger partial charge in [-0.2, -0.15) is 5.10 Å². The standard InChI is InChI=1S/C20H28N4O/c1-13-7-16(24-11-15-10-23(6)22-17(15)12-24)8-14(2)19(13)21-18(25)9-20(3,4)5/h7-8,10H,9,11-12H2,1-6H3,(H,21,25). The van der Waals surface area contributed by atoms with Gasteiger partial charge in [0.05, 0.1) is 12.2 Å². The Balaban J connectivity index is 1.77. The largest absolute Gasteiger partial charge is 0.361 e. The number of amides is 1. The summed E-state index contributed by atoms with van der Waals surface area (Å²) in [6, 6.07) is 4.32. The molecule has 2 aromatic rings. The zero-order valence-corrected chi connectivity index (χ0v) is 16.1. The molecule has 25 heavy (non-hydrogen) atoms. The lowest BCUT2D eigenvalue weighted by atomic mass is 9.92. The number of nitrogens with zero attached hydrogens (tertiary/aromatic N) is 3. The predicted molar refractivity (Wildman–Crippen MR) is 102 cm³/mol. The number of carbonyl (C=O) groups excluding carboxylic acids is 1. The smallest absolute Gasteiger partial charge is 0.224 e. The van der Waals surface area contributed by atoms with Gasteiger partial charge in [-0.3, -0.25) is 9.48 Å². The van der Waals surface area contributed by atoms with Gasteiger partial charge < -0.3 is 10.2 Å². The molecule has 1 amide bonds. The number of anilines is 2. The van der Waals surface area contributed by atoms with Crippen molar-refractivity contribution in [3.8, 4) is 0 Å². The van der Waals surface area contributed by atoms with Crippen molar-refractivity contribution in [2.45, 2.75) is 54.1 Å². The van der Waals surface area contributed by atoms with Crippen LogP contribution in [0.3, 0.4) is 0 Å². The third kappa shape index (κ3) is 3.86. The average molecular weight is 340 g/mol. The lowest BCUT2D eigenvalue weighted by Crippen LogP contribution is -2.21. The van der Waals surface area contributed by atoms with Gasteiger partial charge in [0.15, 0.2) is 0 Å². The van der Waals surface area contributed by atoms with Gasteiger partial charge in [-0.25, -0.2) is 0 Å². The molecule has 0 bridgehead atoms. The maximum atomic E-state index is 12.3. The molecule has 0 spiro atoms. The van der Waals surface area contributed by atoms with Gasteiger partial charge in [0, 0.05) is 43.1 Å². The molecule has 0 fully saturated rings. The molecule has 0 saturated carbocycles. The second-order valence-electron chi connectivity index (χ2n) is 8.37. The normalized spacial score (nSPS) is 13.9. The molecule has 1 aromatic carbocycles. The molecule has 0 aliphatic carbocycles. The van der Waals surface area contributed by atoms with E-state index in [1.807, 2.05) is 11.7 Å². The van der Waals surface area contributed by atoms with Gasteiger partial charge in [0.1, 0.15) is 0 Å². The predicted octanol–water partition coefficient (Wildman–Crippen LogP) is 3.93. The molecule has 0 unspecified atom stereocenters. The van der Waals surface area contributed by atoms with Crippen molar-refractivity contribution in [2.24, 2.45) is 12.5 Å². The second kappa shape index (κ2) is 6.21. The number of carbonyl (C=O) groups is 1. The zero-order valence-electron chi connectivity index (χ0n) is 16.1. The Kier molecular flexibility index (Phi) is 4.35. The van der Waals surface area contributed by atoms with E-state index in [4.69, 9.17) is 0 Å². The first-order valence-electron chi connectivity index (χ1n) is 8.80. The highest BCUT2D eigenvalue weighted by molar-refractivity contribution is 5.93. The summed E-state index contributed by atoms with van der Waals surface area (Å²) in [4.78, 5) is 14.6. The van der Waals surface area contributed by atoms with E-state index in [1.165, 1.54) is 11.3 Å². The summed E-state index contributed by atoms with van der Waals surface area (Å²) in [5.41, 5.74) is 6.75. The van der Waals surface area contributed by atoms with Crippen LogP contribution in [0.1, 0.15) is 49.6 Å². The number of nitrogens with one attached hydrogen (secondary N) is 1. The van der Waals surface area contributed by atoms with Crippen LogP contribution in [0.25, 0.3) is 0 Å². The number of benzene rings is 1. The zero-order chi connectivity index (χ0) is 18.4. The molecule has 5 nitrogen and oxygen atoms in total. The number of fused-ring (bicyclic) bond motifs is 1. The van der Waals surface area contributed by atoms with Crippen LogP contribution >= 0.6 is 0 Å². The maximum absolute atomic E-state index is 12.3. The van der Waals surface area contributed by atoms with Crippen LogP contribution in [-0.4, -0.2) is 15.7 Å².